The standard InChI is InChI=1S/C8H17NO2S/c1-7(2)4-8(3,5-7)6-12(9,10)11/h4-6H2,1-3H3,(H2,9,10,11). The molecule has 4 heteroatoms. The Morgan fingerprint density at radius 3 is 1.92 bits per heavy atom. The molecule has 0 aliphatic heterocycles. The van der Waals surface area contributed by atoms with Crippen molar-refractivity contribution in [2.75, 3.05) is 5.75 Å². The molecule has 1 rings (SSSR count). The van der Waals surface area contributed by atoms with Gasteiger partial charge >= 0.3 is 0 Å². The highest BCUT2D eigenvalue weighted by molar-refractivity contribution is 7.89. The summed E-state index contributed by atoms with van der Waals surface area (Å²) >= 11 is 0. The highest BCUT2D eigenvalue weighted by Gasteiger charge is 2.47. The smallest absolute Gasteiger partial charge is 0.209 e. The summed E-state index contributed by atoms with van der Waals surface area (Å²) in [5.41, 5.74) is 0.233. The van der Waals surface area contributed by atoms with E-state index in [4.69, 9.17) is 5.14 Å². The van der Waals surface area contributed by atoms with Crippen LogP contribution in [0.2, 0.25) is 0 Å². The summed E-state index contributed by atoms with van der Waals surface area (Å²) < 4.78 is 21.7. The maximum atomic E-state index is 10.8. The molecule has 0 unspecified atom stereocenters. The molecule has 0 spiro atoms. The first-order chi connectivity index (χ1) is 5.12. The van der Waals surface area contributed by atoms with Crippen molar-refractivity contribution in [1.29, 1.82) is 0 Å². The van der Waals surface area contributed by atoms with Crippen molar-refractivity contribution in [2.45, 2.75) is 33.6 Å². The fourth-order valence-electron chi connectivity index (χ4n) is 2.85. The fourth-order valence-corrected chi connectivity index (χ4v) is 4.02. The molecular formula is C8H17NO2S. The van der Waals surface area contributed by atoms with Crippen LogP contribution < -0.4 is 5.14 Å². The first kappa shape index (κ1) is 9.99. The zero-order valence-electron chi connectivity index (χ0n) is 7.92. The van der Waals surface area contributed by atoms with Crippen LogP contribution in [0.15, 0.2) is 0 Å². The maximum absolute atomic E-state index is 10.8. The van der Waals surface area contributed by atoms with E-state index in [-0.39, 0.29) is 11.2 Å². The Hall–Kier alpha value is -0.0900. The van der Waals surface area contributed by atoms with Crippen LogP contribution in [0.5, 0.6) is 0 Å². The first-order valence-electron chi connectivity index (χ1n) is 4.13. The van der Waals surface area contributed by atoms with E-state index in [0.717, 1.165) is 12.8 Å². The second-order valence-electron chi connectivity index (χ2n) is 5.14. The monoisotopic (exact) mass is 191 g/mol. The third-order valence-corrected chi connectivity index (χ3v) is 3.46. The van der Waals surface area contributed by atoms with Gasteiger partial charge in [0.2, 0.25) is 10.0 Å². The van der Waals surface area contributed by atoms with Crippen molar-refractivity contribution in [3.8, 4) is 0 Å². The molecule has 0 aromatic carbocycles. The van der Waals surface area contributed by atoms with Crippen LogP contribution in [-0.2, 0) is 10.0 Å². The van der Waals surface area contributed by atoms with E-state index >= 15 is 0 Å². The van der Waals surface area contributed by atoms with E-state index in [2.05, 4.69) is 13.8 Å². The number of hydrogen-bond donors (Lipinski definition) is 1. The van der Waals surface area contributed by atoms with Crippen LogP contribution in [0.25, 0.3) is 0 Å². The minimum Gasteiger partial charge on any atom is -0.229 e. The number of rotatable bonds is 2. The van der Waals surface area contributed by atoms with Gasteiger partial charge in [0.1, 0.15) is 0 Å². The van der Waals surface area contributed by atoms with E-state index < -0.39 is 10.0 Å². The Bertz CT molecular complexity index is 271. The van der Waals surface area contributed by atoms with Gasteiger partial charge in [0, 0.05) is 0 Å². The Kier molecular flexibility index (Phi) is 2.04. The van der Waals surface area contributed by atoms with Crippen LogP contribution in [0, 0.1) is 10.8 Å². The fraction of sp³-hybridized carbons (Fsp3) is 1.00. The van der Waals surface area contributed by atoms with E-state index in [1.165, 1.54) is 0 Å². The quantitative estimate of drug-likeness (QED) is 0.710. The summed E-state index contributed by atoms with van der Waals surface area (Å²) in [5.74, 6) is 0.128. The zero-order valence-corrected chi connectivity index (χ0v) is 8.74. The van der Waals surface area contributed by atoms with Gasteiger partial charge in [-0.25, -0.2) is 13.6 Å². The summed E-state index contributed by atoms with van der Waals surface area (Å²) in [6.45, 7) is 6.29. The lowest BCUT2D eigenvalue weighted by molar-refractivity contribution is 0.0230. The molecule has 72 valence electrons. The average molecular weight is 191 g/mol. The van der Waals surface area contributed by atoms with Crippen LogP contribution in [0.4, 0.5) is 0 Å². The number of sulfonamides is 1. The lowest BCUT2D eigenvalue weighted by Gasteiger charge is -2.51. The second kappa shape index (κ2) is 2.45. The van der Waals surface area contributed by atoms with E-state index in [0.29, 0.717) is 5.41 Å². The van der Waals surface area contributed by atoms with E-state index in [1.807, 2.05) is 6.92 Å². The highest BCUT2D eigenvalue weighted by atomic mass is 32.2. The zero-order chi connectivity index (χ0) is 9.62. The molecule has 0 atom stereocenters. The number of nitrogens with two attached hydrogens (primary N) is 1. The predicted octanol–water partition coefficient (Wildman–Crippen LogP) is 1.10. The summed E-state index contributed by atoms with van der Waals surface area (Å²) in [6.07, 6.45) is 1.91. The Morgan fingerprint density at radius 2 is 1.67 bits per heavy atom. The van der Waals surface area contributed by atoms with Crippen LogP contribution in [0.3, 0.4) is 0 Å². The molecule has 0 aromatic rings. The van der Waals surface area contributed by atoms with Gasteiger partial charge in [-0.1, -0.05) is 20.8 Å². The molecule has 0 radical (unpaired) electrons. The first-order valence-corrected chi connectivity index (χ1v) is 5.84. The molecule has 0 saturated heterocycles. The van der Waals surface area contributed by atoms with Crippen LogP contribution >= 0.6 is 0 Å². The van der Waals surface area contributed by atoms with Gasteiger partial charge in [-0.2, -0.15) is 0 Å². The lowest BCUT2D eigenvalue weighted by Crippen LogP contribution is -2.46. The average Bonchev–Trinajstić information content (AvgIpc) is 1.48. The third-order valence-electron chi connectivity index (χ3n) is 2.36. The molecule has 0 aromatic heterocycles. The van der Waals surface area contributed by atoms with Crippen molar-refractivity contribution in [3.05, 3.63) is 0 Å². The van der Waals surface area contributed by atoms with Gasteiger partial charge in [0.25, 0.3) is 0 Å². The maximum Gasteiger partial charge on any atom is 0.209 e. The molecule has 0 heterocycles. The van der Waals surface area contributed by atoms with Crippen molar-refractivity contribution in [2.24, 2.45) is 16.0 Å². The summed E-state index contributed by atoms with van der Waals surface area (Å²) in [7, 11) is -3.29. The minimum absolute atomic E-state index is 0.0723. The second-order valence-corrected chi connectivity index (χ2v) is 6.75. The predicted molar refractivity (Wildman–Crippen MR) is 49.1 cm³/mol. The molecule has 1 aliphatic carbocycles. The minimum atomic E-state index is -3.29. The highest BCUT2D eigenvalue weighted by Crippen LogP contribution is 2.54. The van der Waals surface area contributed by atoms with Gasteiger partial charge in [-0.3, -0.25) is 0 Å². The van der Waals surface area contributed by atoms with Gasteiger partial charge < -0.3 is 0 Å². The Balaban J connectivity index is 2.58. The third kappa shape index (κ3) is 2.45. The number of primary sulfonamides is 1. The molecule has 3 nitrogen and oxygen atoms in total. The van der Waals surface area contributed by atoms with Crippen molar-refractivity contribution in [3.63, 3.8) is 0 Å². The van der Waals surface area contributed by atoms with Gasteiger partial charge in [0.05, 0.1) is 5.75 Å². The molecule has 0 amide bonds. The van der Waals surface area contributed by atoms with Crippen molar-refractivity contribution >= 4 is 10.0 Å². The molecule has 1 fully saturated rings. The van der Waals surface area contributed by atoms with E-state index in [1.54, 1.807) is 0 Å². The van der Waals surface area contributed by atoms with E-state index in [9.17, 15) is 8.42 Å². The lowest BCUT2D eigenvalue weighted by atomic mass is 9.56. The molecule has 2 N–H and O–H groups in total. The van der Waals surface area contributed by atoms with Gasteiger partial charge in [0.15, 0.2) is 0 Å². The number of hydrogen-bond acceptors (Lipinski definition) is 2. The van der Waals surface area contributed by atoms with Crippen molar-refractivity contribution < 1.29 is 8.42 Å². The van der Waals surface area contributed by atoms with Crippen molar-refractivity contribution in [1.82, 2.24) is 0 Å². The van der Waals surface area contributed by atoms with Gasteiger partial charge in [-0.15, -0.1) is 0 Å². The van der Waals surface area contributed by atoms with Gasteiger partial charge in [-0.05, 0) is 23.7 Å². The summed E-state index contributed by atoms with van der Waals surface area (Å²) in [5, 5.41) is 4.99. The van der Waals surface area contributed by atoms with Crippen LogP contribution in [-0.4, -0.2) is 14.2 Å². The molecule has 1 aliphatic rings. The molecule has 0 bridgehead atoms. The largest absolute Gasteiger partial charge is 0.229 e. The summed E-state index contributed by atoms with van der Waals surface area (Å²) in [6, 6.07) is 0. The SMILES string of the molecule is CC1(C)CC(C)(CS(N)(=O)=O)C1. The molecule has 12 heavy (non-hydrogen) atoms. The summed E-state index contributed by atoms with van der Waals surface area (Å²) in [4.78, 5) is 0. The molecule has 1 saturated carbocycles. The molecular weight excluding hydrogens is 174 g/mol. The Morgan fingerprint density at radius 1 is 1.25 bits per heavy atom. The topological polar surface area (TPSA) is 60.2 Å². The Labute approximate surface area is 74.4 Å². The normalized spacial score (nSPS) is 26.3. The van der Waals surface area contributed by atoms with Crippen LogP contribution in [0.1, 0.15) is 33.6 Å².